The number of aryl methyl sites for hydroxylation is 2. The minimum Gasteiger partial charge on any atom is -0.422 e. The highest BCUT2D eigenvalue weighted by molar-refractivity contribution is 6.32. The number of halogens is 2. The van der Waals surface area contributed by atoms with E-state index in [2.05, 4.69) is 0 Å². The van der Waals surface area contributed by atoms with Gasteiger partial charge < -0.3 is 4.42 Å². The average molecular weight is 319 g/mol. The number of fused-ring (bicyclic) bond motifs is 1. The van der Waals surface area contributed by atoms with E-state index in [0.717, 1.165) is 22.1 Å². The maximum Gasteiger partial charge on any atom is 0.344 e. The maximum atomic E-state index is 12.3. The molecule has 0 amide bonds. The summed E-state index contributed by atoms with van der Waals surface area (Å²) < 4.78 is 5.45. The first-order valence-corrected chi connectivity index (χ1v) is 7.22. The van der Waals surface area contributed by atoms with Crippen molar-refractivity contribution in [3.63, 3.8) is 0 Å². The average Bonchev–Trinajstić information content (AvgIpc) is 2.43. The summed E-state index contributed by atoms with van der Waals surface area (Å²) in [7, 11) is 0. The molecule has 3 aromatic rings. The largest absolute Gasteiger partial charge is 0.422 e. The third-order valence-electron chi connectivity index (χ3n) is 3.58. The molecule has 3 rings (SSSR count). The number of rotatable bonds is 1. The van der Waals surface area contributed by atoms with Gasteiger partial charge in [-0.15, -0.1) is 0 Å². The molecule has 1 heterocycles. The van der Waals surface area contributed by atoms with Crippen LogP contribution in [0.4, 0.5) is 0 Å². The van der Waals surface area contributed by atoms with Gasteiger partial charge in [-0.2, -0.15) is 0 Å². The molecule has 0 aliphatic heterocycles. The second-order valence-corrected chi connectivity index (χ2v) is 5.84. The Kier molecular flexibility index (Phi) is 3.52. The van der Waals surface area contributed by atoms with Gasteiger partial charge in [0.15, 0.2) is 0 Å². The van der Waals surface area contributed by atoms with Crippen LogP contribution >= 0.6 is 23.2 Å². The molecule has 4 heteroatoms. The molecule has 0 bridgehead atoms. The molecule has 0 aliphatic rings. The van der Waals surface area contributed by atoms with Crippen molar-refractivity contribution in [2.75, 3.05) is 0 Å². The second kappa shape index (κ2) is 5.21. The maximum absolute atomic E-state index is 12.3. The van der Waals surface area contributed by atoms with Crippen molar-refractivity contribution in [1.29, 1.82) is 0 Å². The summed E-state index contributed by atoms with van der Waals surface area (Å²) in [5.74, 6) is 0. The third-order valence-corrected chi connectivity index (χ3v) is 4.24. The van der Waals surface area contributed by atoms with E-state index >= 15 is 0 Å². The van der Waals surface area contributed by atoms with Crippen LogP contribution in [0.5, 0.6) is 0 Å². The van der Waals surface area contributed by atoms with Crippen molar-refractivity contribution in [2.24, 2.45) is 0 Å². The normalized spacial score (nSPS) is 11.0. The van der Waals surface area contributed by atoms with Crippen molar-refractivity contribution < 1.29 is 4.42 Å². The molecular weight excluding hydrogens is 307 g/mol. The standard InChI is InChI=1S/C17H12Cl2O2/c1-9-7-15-13(8-14(9)19)10(2)16(17(20)21-15)11-3-5-12(18)6-4-11/h3-8H,1-2H3. The first-order chi connectivity index (χ1) is 9.97. The van der Waals surface area contributed by atoms with E-state index in [1.165, 1.54) is 0 Å². The highest BCUT2D eigenvalue weighted by atomic mass is 35.5. The van der Waals surface area contributed by atoms with Crippen LogP contribution in [0.3, 0.4) is 0 Å². The van der Waals surface area contributed by atoms with Crippen molar-refractivity contribution in [3.8, 4) is 11.1 Å². The van der Waals surface area contributed by atoms with E-state index in [-0.39, 0.29) is 5.63 Å². The molecule has 0 fully saturated rings. The van der Waals surface area contributed by atoms with Crippen molar-refractivity contribution in [1.82, 2.24) is 0 Å². The highest BCUT2D eigenvalue weighted by Gasteiger charge is 2.14. The van der Waals surface area contributed by atoms with Gasteiger partial charge in [0.1, 0.15) is 5.58 Å². The molecule has 2 aromatic carbocycles. The van der Waals surface area contributed by atoms with Gasteiger partial charge in [0.05, 0.1) is 5.56 Å². The molecule has 0 atom stereocenters. The predicted octanol–water partition coefficient (Wildman–Crippen LogP) is 5.38. The van der Waals surface area contributed by atoms with Crippen LogP contribution in [-0.2, 0) is 0 Å². The lowest BCUT2D eigenvalue weighted by Crippen LogP contribution is -2.06. The predicted molar refractivity (Wildman–Crippen MR) is 87.4 cm³/mol. The zero-order valence-corrected chi connectivity index (χ0v) is 13.0. The van der Waals surface area contributed by atoms with E-state index in [9.17, 15) is 4.79 Å². The SMILES string of the molecule is Cc1cc2oc(=O)c(-c3ccc(Cl)cc3)c(C)c2cc1Cl. The van der Waals surface area contributed by atoms with Crippen molar-refractivity contribution >= 4 is 34.2 Å². The van der Waals surface area contributed by atoms with Crippen LogP contribution in [-0.4, -0.2) is 0 Å². The second-order valence-electron chi connectivity index (χ2n) is 4.99. The Labute approximate surface area is 131 Å². The lowest BCUT2D eigenvalue weighted by Gasteiger charge is -2.09. The third kappa shape index (κ3) is 2.45. The molecule has 2 nitrogen and oxygen atoms in total. The van der Waals surface area contributed by atoms with Gasteiger partial charge in [-0.05, 0) is 54.8 Å². The molecule has 1 aromatic heterocycles. The van der Waals surface area contributed by atoms with E-state index in [0.29, 0.717) is 21.2 Å². The van der Waals surface area contributed by atoms with E-state index in [4.69, 9.17) is 27.6 Å². The fourth-order valence-electron chi connectivity index (χ4n) is 2.42. The zero-order chi connectivity index (χ0) is 15.1. The van der Waals surface area contributed by atoms with Crippen LogP contribution in [0.2, 0.25) is 10.0 Å². The molecule has 0 N–H and O–H groups in total. The molecule has 0 saturated carbocycles. The Bertz CT molecular complexity index is 893. The van der Waals surface area contributed by atoms with Crippen LogP contribution in [0.15, 0.2) is 45.6 Å². The minimum atomic E-state index is -0.357. The molecule has 0 spiro atoms. The van der Waals surface area contributed by atoms with Crippen LogP contribution in [0, 0.1) is 13.8 Å². The van der Waals surface area contributed by atoms with Crippen LogP contribution < -0.4 is 5.63 Å². The van der Waals surface area contributed by atoms with Gasteiger partial charge in [-0.25, -0.2) is 4.79 Å². The molecule has 106 valence electrons. The Balaban J connectivity index is 2.36. The first-order valence-electron chi connectivity index (χ1n) is 6.47. The molecular formula is C17H12Cl2O2. The zero-order valence-electron chi connectivity index (χ0n) is 11.5. The summed E-state index contributed by atoms with van der Waals surface area (Å²) >= 11 is 12.1. The van der Waals surface area contributed by atoms with E-state index in [1.54, 1.807) is 18.2 Å². The van der Waals surface area contributed by atoms with Crippen molar-refractivity contribution in [3.05, 3.63) is 68.0 Å². The first kappa shape index (κ1) is 14.2. The van der Waals surface area contributed by atoms with Gasteiger partial charge in [-0.1, -0.05) is 35.3 Å². The van der Waals surface area contributed by atoms with Gasteiger partial charge in [0, 0.05) is 15.4 Å². The lowest BCUT2D eigenvalue weighted by molar-refractivity contribution is 0.562. The highest BCUT2D eigenvalue weighted by Crippen LogP contribution is 2.30. The van der Waals surface area contributed by atoms with Crippen molar-refractivity contribution in [2.45, 2.75) is 13.8 Å². The Morgan fingerprint density at radius 2 is 1.67 bits per heavy atom. The van der Waals surface area contributed by atoms with E-state index < -0.39 is 0 Å². The fourth-order valence-corrected chi connectivity index (χ4v) is 2.71. The summed E-state index contributed by atoms with van der Waals surface area (Å²) in [4.78, 5) is 12.3. The summed E-state index contributed by atoms with van der Waals surface area (Å²) in [5.41, 5.74) is 3.25. The Morgan fingerprint density at radius 1 is 1.00 bits per heavy atom. The van der Waals surface area contributed by atoms with Gasteiger partial charge in [-0.3, -0.25) is 0 Å². The minimum absolute atomic E-state index is 0.357. The van der Waals surface area contributed by atoms with Gasteiger partial charge in [0.25, 0.3) is 0 Å². The molecule has 0 radical (unpaired) electrons. The summed E-state index contributed by atoms with van der Waals surface area (Å²) in [6.45, 7) is 3.78. The molecule has 21 heavy (non-hydrogen) atoms. The number of hydrogen-bond acceptors (Lipinski definition) is 2. The molecule has 0 aliphatic carbocycles. The lowest BCUT2D eigenvalue weighted by atomic mass is 9.99. The Morgan fingerprint density at radius 3 is 2.33 bits per heavy atom. The smallest absolute Gasteiger partial charge is 0.344 e. The monoisotopic (exact) mass is 318 g/mol. The molecule has 0 saturated heterocycles. The van der Waals surface area contributed by atoms with Crippen LogP contribution in [0.1, 0.15) is 11.1 Å². The topological polar surface area (TPSA) is 30.2 Å². The summed E-state index contributed by atoms with van der Waals surface area (Å²) in [5, 5.41) is 2.12. The quantitative estimate of drug-likeness (QED) is 0.563. The van der Waals surface area contributed by atoms with Gasteiger partial charge >= 0.3 is 5.63 Å². The number of hydrogen-bond donors (Lipinski definition) is 0. The number of benzene rings is 2. The van der Waals surface area contributed by atoms with Crippen LogP contribution in [0.25, 0.3) is 22.1 Å². The fraction of sp³-hybridized carbons (Fsp3) is 0.118. The van der Waals surface area contributed by atoms with E-state index in [1.807, 2.05) is 32.0 Å². The Hall–Kier alpha value is -1.77. The summed E-state index contributed by atoms with van der Waals surface area (Å²) in [6.07, 6.45) is 0. The molecule has 0 unspecified atom stereocenters. The summed E-state index contributed by atoms with van der Waals surface area (Å²) in [6, 6.07) is 10.7. The van der Waals surface area contributed by atoms with Gasteiger partial charge in [0.2, 0.25) is 0 Å².